The number of nitrogens with one attached hydrogen (secondary N) is 1. The molecule has 0 bridgehead atoms. The van der Waals surface area contributed by atoms with Crippen molar-refractivity contribution in [2.75, 3.05) is 5.32 Å². The fraction of sp³-hybridized carbons (Fsp3) is 0. The number of halogens is 1. The van der Waals surface area contributed by atoms with Gasteiger partial charge in [0.15, 0.2) is 0 Å². The summed E-state index contributed by atoms with van der Waals surface area (Å²) in [7, 11) is -3.71. The second-order valence-corrected chi connectivity index (χ2v) is 6.69. The van der Waals surface area contributed by atoms with E-state index in [0.29, 0.717) is 22.0 Å². The van der Waals surface area contributed by atoms with Crippen molar-refractivity contribution in [2.45, 2.75) is 4.90 Å². The Morgan fingerprint density at radius 1 is 1.14 bits per heavy atom. The maximum Gasteiger partial charge on any atom is 0.238 e. The molecule has 0 fully saturated rings. The second kappa shape index (κ2) is 5.98. The monoisotopic (exact) mass is 341 g/mol. The smallest absolute Gasteiger partial charge is 0.238 e. The molecule has 2 rings (SSSR count). The molecule has 2 aromatic rings. The molecule has 0 unspecified atom stereocenters. The fourth-order valence-electron chi connectivity index (χ4n) is 1.72. The quantitative estimate of drug-likeness (QED) is 0.741. The Labute approximate surface area is 133 Å². The number of thiocarbonyl (C=S) groups is 1. The van der Waals surface area contributed by atoms with Gasteiger partial charge in [0.25, 0.3) is 0 Å². The summed E-state index contributed by atoms with van der Waals surface area (Å²) in [5, 5.41) is 8.66. The van der Waals surface area contributed by atoms with Gasteiger partial charge in [0.05, 0.1) is 10.6 Å². The molecule has 0 saturated heterocycles. The standard InChI is InChI=1S/C13H12ClN3O2S2/c14-8-1-6-11(13(15)20)12(7-8)17-9-2-4-10(5-3-9)21(16,18)19/h1-7,17H,(H2,15,20)(H2,16,18,19). The predicted molar refractivity (Wildman–Crippen MR) is 88.4 cm³/mol. The van der Waals surface area contributed by atoms with Gasteiger partial charge < -0.3 is 11.1 Å². The largest absolute Gasteiger partial charge is 0.389 e. The Bertz CT molecular complexity index is 790. The zero-order valence-electron chi connectivity index (χ0n) is 10.7. The number of sulfonamides is 1. The van der Waals surface area contributed by atoms with Crippen LogP contribution in [0.3, 0.4) is 0 Å². The number of benzene rings is 2. The Balaban J connectivity index is 2.34. The first kappa shape index (κ1) is 15.7. The number of hydrogen-bond acceptors (Lipinski definition) is 4. The SMILES string of the molecule is NC(=S)c1ccc(Cl)cc1Nc1ccc(S(N)(=O)=O)cc1. The van der Waals surface area contributed by atoms with Crippen LogP contribution in [0.5, 0.6) is 0 Å². The van der Waals surface area contributed by atoms with Crippen molar-refractivity contribution in [1.82, 2.24) is 0 Å². The predicted octanol–water partition coefficient (Wildman–Crippen LogP) is 2.37. The van der Waals surface area contributed by atoms with Gasteiger partial charge in [0, 0.05) is 16.3 Å². The van der Waals surface area contributed by atoms with E-state index in [0.717, 1.165) is 0 Å². The van der Waals surface area contributed by atoms with Gasteiger partial charge >= 0.3 is 0 Å². The molecule has 0 amide bonds. The average molecular weight is 342 g/mol. The fourth-order valence-corrected chi connectivity index (χ4v) is 2.58. The van der Waals surface area contributed by atoms with E-state index in [1.54, 1.807) is 30.3 Å². The number of hydrogen-bond donors (Lipinski definition) is 3. The van der Waals surface area contributed by atoms with E-state index in [9.17, 15) is 8.42 Å². The van der Waals surface area contributed by atoms with Crippen molar-refractivity contribution in [3.05, 3.63) is 53.1 Å². The van der Waals surface area contributed by atoms with E-state index in [2.05, 4.69) is 5.32 Å². The molecule has 0 aliphatic rings. The summed E-state index contributed by atoms with van der Waals surface area (Å²) in [6.45, 7) is 0. The molecule has 0 heterocycles. The van der Waals surface area contributed by atoms with Crippen molar-refractivity contribution >= 4 is 50.2 Å². The van der Waals surface area contributed by atoms with E-state index in [4.69, 9.17) is 34.7 Å². The van der Waals surface area contributed by atoms with Crippen LogP contribution in [-0.2, 0) is 10.0 Å². The third-order valence-electron chi connectivity index (χ3n) is 2.71. The highest BCUT2D eigenvalue weighted by atomic mass is 35.5. The maximum absolute atomic E-state index is 11.2. The number of primary sulfonamides is 1. The Kier molecular flexibility index (Phi) is 4.48. The number of rotatable bonds is 4. The van der Waals surface area contributed by atoms with Gasteiger partial charge in [-0.05, 0) is 42.5 Å². The van der Waals surface area contributed by atoms with E-state index in [1.165, 1.54) is 12.1 Å². The van der Waals surface area contributed by atoms with Crippen molar-refractivity contribution in [1.29, 1.82) is 0 Å². The Morgan fingerprint density at radius 3 is 2.29 bits per heavy atom. The van der Waals surface area contributed by atoms with Crippen LogP contribution in [0.4, 0.5) is 11.4 Å². The molecule has 0 atom stereocenters. The minimum Gasteiger partial charge on any atom is -0.389 e. The first-order valence-corrected chi connectivity index (χ1v) is 8.10. The number of anilines is 2. The summed E-state index contributed by atoms with van der Waals surface area (Å²) in [6.07, 6.45) is 0. The summed E-state index contributed by atoms with van der Waals surface area (Å²) in [6, 6.07) is 11.1. The minimum absolute atomic E-state index is 0.0358. The molecule has 0 saturated carbocycles. The third-order valence-corrected chi connectivity index (χ3v) is 4.09. The molecule has 0 aliphatic heterocycles. The molecule has 21 heavy (non-hydrogen) atoms. The van der Waals surface area contributed by atoms with Crippen LogP contribution in [-0.4, -0.2) is 13.4 Å². The van der Waals surface area contributed by atoms with E-state index < -0.39 is 10.0 Å². The zero-order valence-corrected chi connectivity index (χ0v) is 13.1. The van der Waals surface area contributed by atoms with Gasteiger partial charge in [-0.2, -0.15) is 0 Å². The summed E-state index contributed by atoms with van der Waals surface area (Å²) >= 11 is 10.9. The normalized spacial score (nSPS) is 11.1. The highest BCUT2D eigenvalue weighted by Crippen LogP contribution is 2.25. The van der Waals surface area contributed by atoms with E-state index in [-0.39, 0.29) is 9.88 Å². The Morgan fingerprint density at radius 2 is 1.76 bits per heavy atom. The van der Waals surface area contributed by atoms with Crippen LogP contribution in [0.15, 0.2) is 47.4 Å². The first-order chi connectivity index (χ1) is 9.77. The lowest BCUT2D eigenvalue weighted by Gasteiger charge is -2.12. The molecule has 110 valence electrons. The zero-order chi connectivity index (χ0) is 15.6. The third kappa shape index (κ3) is 3.92. The van der Waals surface area contributed by atoms with Gasteiger partial charge in [-0.25, -0.2) is 13.6 Å². The molecule has 0 aromatic heterocycles. The molecule has 8 heteroatoms. The molecular weight excluding hydrogens is 330 g/mol. The minimum atomic E-state index is -3.71. The van der Waals surface area contributed by atoms with Crippen LogP contribution < -0.4 is 16.2 Å². The first-order valence-electron chi connectivity index (χ1n) is 5.76. The van der Waals surface area contributed by atoms with Crippen LogP contribution in [0.1, 0.15) is 5.56 Å². The molecule has 2 aromatic carbocycles. The van der Waals surface area contributed by atoms with Crippen molar-refractivity contribution in [2.24, 2.45) is 10.9 Å². The molecule has 5 nitrogen and oxygen atoms in total. The van der Waals surface area contributed by atoms with Gasteiger partial charge in [0.1, 0.15) is 4.99 Å². The Hall–Kier alpha value is -1.67. The topological polar surface area (TPSA) is 98.2 Å². The van der Waals surface area contributed by atoms with Crippen LogP contribution in [0.25, 0.3) is 0 Å². The molecular formula is C13H12ClN3O2S2. The lowest BCUT2D eigenvalue weighted by molar-refractivity contribution is 0.598. The summed E-state index contributed by atoms with van der Waals surface area (Å²) < 4.78 is 22.4. The second-order valence-electron chi connectivity index (χ2n) is 4.25. The van der Waals surface area contributed by atoms with Crippen molar-refractivity contribution < 1.29 is 8.42 Å². The van der Waals surface area contributed by atoms with Gasteiger partial charge in [-0.3, -0.25) is 0 Å². The maximum atomic E-state index is 11.2. The number of nitrogens with two attached hydrogens (primary N) is 2. The molecule has 5 N–H and O–H groups in total. The van der Waals surface area contributed by atoms with Crippen LogP contribution >= 0.6 is 23.8 Å². The molecule has 0 radical (unpaired) electrons. The lowest BCUT2D eigenvalue weighted by atomic mass is 10.1. The molecule has 0 aliphatic carbocycles. The van der Waals surface area contributed by atoms with Gasteiger partial charge in [-0.15, -0.1) is 0 Å². The van der Waals surface area contributed by atoms with Crippen molar-refractivity contribution in [3.8, 4) is 0 Å². The van der Waals surface area contributed by atoms with E-state index >= 15 is 0 Å². The molecule has 0 spiro atoms. The van der Waals surface area contributed by atoms with Gasteiger partial charge in [0.2, 0.25) is 10.0 Å². The summed E-state index contributed by atoms with van der Waals surface area (Å²) in [5.74, 6) is 0. The van der Waals surface area contributed by atoms with Crippen LogP contribution in [0.2, 0.25) is 5.02 Å². The van der Waals surface area contributed by atoms with E-state index in [1.807, 2.05) is 0 Å². The lowest BCUT2D eigenvalue weighted by Crippen LogP contribution is -2.12. The summed E-state index contributed by atoms with van der Waals surface area (Å²) in [4.78, 5) is 0.268. The summed E-state index contributed by atoms with van der Waals surface area (Å²) in [5.41, 5.74) is 7.59. The highest BCUT2D eigenvalue weighted by Gasteiger charge is 2.09. The van der Waals surface area contributed by atoms with Crippen molar-refractivity contribution in [3.63, 3.8) is 0 Å². The highest BCUT2D eigenvalue weighted by molar-refractivity contribution is 7.89. The average Bonchev–Trinajstić information content (AvgIpc) is 2.38. The van der Waals surface area contributed by atoms with Crippen LogP contribution in [0, 0.1) is 0 Å². The van der Waals surface area contributed by atoms with Gasteiger partial charge in [-0.1, -0.05) is 23.8 Å².